The van der Waals surface area contributed by atoms with Crippen LogP contribution in [0.15, 0.2) is 48.5 Å². The number of aliphatic hydroxyl groups is 1. The van der Waals surface area contributed by atoms with E-state index in [1.807, 2.05) is 6.92 Å². The Balaban J connectivity index is 1.99. The van der Waals surface area contributed by atoms with Gasteiger partial charge < -0.3 is 15.2 Å². The SMILES string of the molecule is CCOc1ccccc1C(=O)NC[C@@H](O)c1ccc([N+](=O)[O-])cc1. The molecule has 0 aromatic heterocycles. The van der Waals surface area contributed by atoms with Crippen molar-refractivity contribution >= 4 is 11.6 Å². The van der Waals surface area contributed by atoms with Gasteiger partial charge in [-0.25, -0.2) is 0 Å². The number of nitro benzene ring substituents is 1. The van der Waals surface area contributed by atoms with Gasteiger partial charge in [0.2, 0.25) is 0 Å². The summed E-state index contributed by atoms with van der Waals surface area (Å²) in [5.74, 6) is 0.113. The van der Waals surface area contributed by atoms with Crippen molar-refractivity contribution in [3.05, 3.63) is 69.8 Å². The van der Waals surface area contributed by atoms with Crippen LogP contribution in [-0.2, 0) is 0 Å². The second kappa shape index (κ2) is 8.07. The smallest absolute Gasteiger partial charge is 0.269 e. The van der Waals surface area contributed by atoms with Crippen LogP contribution in [0.3, 0.4) is 0 Å². The molecular formula is C17H18N2O5. The maximum Gasteiger partial charge on any atom is 0.269 e. The highest BCUT2D eigenvalue weighted by atomic mass is 16.6. The van der Waals surface area contributed by atoms with E-state index in [9.17, 15) is 20.0 Å². The topological polar surface area (TPSA) is 102 Å². The van der Waals surface area contributed by atoms with E-state index < -0.39 is 11.0 Å². The molecule has 1 amide bonds. The lowest BCUT2D eigenvalue weighted by Crippen LogP contribution is -2.28. The molecule has 0 bridgehead atoms. The first-order chi connectivity index (χ1) is 11.5. The molecule has 0 saturated heterocycles. The van der Waals surface area contributed by atoms with Crippen molar-refractivity contribution in [2.75, 3.05) is 13.2 Å². The maximum atomic E-state index is 12.2. The molecule has 0 heterocycles. The van der Waals surface area contributed by atoms with Crippen molar-refractivity contribution in [1.82, 2.24) is 5.32 Å². The summed E-state index contributed by atoms with van der Waals surface area (Å²) >= 11 is 0. The Labute approximate surface area is 139 Å². The van der Waals surface area contributed by atoms with Gasteiger partial charge in [-0.2, -0.15) is 0 Å². The summed E-state index contributed by atoms with van der Waals surface area (Å²) in [4.78, 5) is 22.3. The van der Waals surface area contributed by atoms with Crippen LogP contribution in [0.25, 0.3) is 0 Å². The van der Waals surface area contributed by atoms with Crippen molar-refractivity contribution < 1.29 is 19.6 Å². The van der Waals surface area contributed by atoms with Crippen LogP contribution in [0.2, 0.25) is 0 Å². The zero-order valence-corrected chi connectivity index (χ0v) is 13.1. The van der Waals surface area contributed by atoms with Gasteiger partial charge in [0, 0.05) is 18.7 Å². The van der Waals surface area contributed by atoms with Crippen LogP contribution in [0.1, 0.15) is 28.9 Å². The van der Waals surface area contributed by atoms with Crippen LogP contribution in [0.5, 0.6) is 5.75 Å². The Hall–Kier alpha value is -2.93. The largest absolute Gasteiger partial charge is 0.493 e. The molecule has 0 fully saturated rings. The van der Waals surface area contributed by atoms with Gasteiger partial charge in [-0.3, -0.25) is 14.9 Å². The first-order valence-corrected chi connectivity index (χ1v) is 7.45. The van der Waals surface area contributed by atoms with Gasteiger partial charge in [-0.1, -0.05) is 12.1 Å². The summed E-state index contributed by atoms with van der Waals surface area (Å²) < 4.78 is 5.40. The fraction of sp³-hybridized carbons (Fsp3) is 0.235. The molecule has 2 N–H and O–H groups in total. The highest BCUT2D eigenvalue weighted by Gasteiger charge is 2.15. The molecule has 0 aliphatic rings. The zero-order valence-electron chi connectivity index (χ0n) is 13.1. The van der Waals surface area contributed by atoms with Gasteiger partial charge in [-0.15, -0.1) is 0 Å². The lowest BCUT2D eigenvalue weighted by atomic mass is 10.1. The fourth-order valence-electron chi connectivity index (χ4n) is 2.16. The van der Waals surface area contributed by atoms with E-state index in [-0.39, 0.29) is 18.1 Å². The van der Waals surface area contributed by atoms with Gasteiger partial charge in [0.25, 0.3) is 11.6 Å². The minimum absolute atomic E-state index is 0.0168. The molecule has 2 rings (SSSR count). The average Bonchev–Trinajstić information content (AvgIpc) is 2.60. The maximum absolute atomic E-state index is 12.2. The third-order valence-electron chi connectivity index (χ3n) is 3.38. The number of carbonyl (C=O) groups excluding carboxylic acids is 1. The van der Waals surface area contributed by atoms with Gasteiger partial charge in [0.15, 0.2) is 0 Å². The third kappa shape index (κ3) is 4.30. The number of nitrogens with zero attached hydrogens (tertiary/aromatic N) is 1. The Morgan fingerprint density at radius 2 is 1.92 bits per heavy atom. The first-order valence-electron chi connectivity index (χ1n) is 7.45. The lowest BCUT2D eigenvalue weighted by molar-refractivity contribution is -0.384. The van der Waals surface area contributed by atoms with Gasteiger partial charge >= 0.3 is 0 Å². The Kier molecular flexibility index (Phi) is 5.86. The Morgan fingerprint density at radius 3 is 2.54 bits per heavy atom. The van der Waals surface area contributed by atoms with E-state index >= 15 is 0 Å². The highest BCUT2D eigenvalue weighted by molar-refractivity contribution is 5.96. The summed E-state index contributed by atoms with van der Waals surface area (Å²) in [5, 5.41) is 23.3. The van der Waals surface area contributed by atoms with Gasteiger partial charge in [0.1, 0.15) is 5.75 Å². The molecule has 24 heavy (non-hydrogen) atoms. The van der Waals surface area contributed by atoms with Crippen molar-refractivity contribution in [3.8, 4) is 5.75 Å². The normalized spacial score (nSPS) is 11.6. The molecule has 1 atom stereocenters. The van der Waals surface area contributed by atoms with E-state index in [1.165, 1.54) is 24.3 Å². The molecular weight excluding hydrogens is 312 g/mol. The second-order valence-electron chi connectivity index (χ2n) is 5.00. The molecule has 0 aliphatic carbocycles. The predicted molar refractivity (Wildman–Crippen MR) is 88.0 cm³/mol. The molecule has 0 aliphatic heterocycles. The second-order valence-corrected chi connectivity index (χ2v) is 5.00. The molecule has 7 heteroatoms. The summed E-state index contributed by atoms with van der Waals surface area (Å²) in [6, 6.07) is 12.4. The number of hydrogen-bond acceptors (Lipinski definition) is 5. The Bertz CT molecular complexity index is 715. The molecule has 0 unspecified atom stereocenters. The van der Waals surface area contributed by atoms with Gasteiger partial charge in [-0.05, 0) is 36.8 Å². The van der Waals surface area contributed by atoms with Crippen molar-refractivity contribution in [2.24, 2.45) is 0 Å². The zero-order chi connectivity index (χ0) is 17.5. The summed E-state index contributed by atoms with van der Waals surface area (Å²) in [6.45, 7) is 2.25. The quantitative estimate of drug-likeness (QED) is 0.600. The standard InChI is InChI=1S/C17H18N2O5/c1-2-24-16-6-4-3-5-14(16)17(21)18-11-15(20)12-7-9-13(10-8-12)19(22)23/h3-10,15,20H,2,11H2,1H3,(H,18,21)/t15-/m1/s1. The van der Waals surface area contributed by atoms with E-state index in [0.29, 0.717) is 23.5 Å². The third-order valence-corrected chi connectivity index (χ3v) is 3.38. The average molecular weight is 330 g/mol. The lowest BCUT2D eigenvalue weighted by Gasteiger charge is -2.14. The number of rotatable bonds is 7. The number of amides is 1. The number of nitrogens with one attached hydrogen (secondary N) is 1. The number of nitro groups is 1. The van der Waals surface area contributed by atoms with Crippen molar-refractivity contribution in [3.63, 3.8) is 0 Å². The molecule has 126 valence electrons. The summed E-state index contributed by atoms with van der Waals surface area (Å²) in [5.41, 5.74) is 0.815. The number of ether oxygens (including phenoxy) is 1. The Morgan fingerprint density at radius 1 is 1.25 bits per heavy atom. The first kappa shape index (κ1) is 17.4. The minimum atomic E-state index is -0.964. The molecule has 0 spiro atoms. The molecule has 2 aromatic rings. The highest BCUT2D eigenvalue weighted by Crippen LogP contribution is 2.19. The summed E-state index contributed by atoms with van der Waals surface area (Å²) in [7, 11) is 0. The van der Waals surface area contributed by atoms with Crippen LogP contribution < -0.4 is 10.1 Å². The van der Waals surface area contributed by atoms with Crippen molar-refractivity contribution in [2.45, 2.75) is 13.0 Å². The van der Waals surface area contributed by atoms with E-state index in [4.69, 9.17) is 4.74 Å². The number of non-ortho nitro benzene ring substituents is 1. The number of benzene rings is 2. The van der Waals surface area contributed by atoms with Crippen LogP contribution in [0, 0.1) is 10.1 Å². The summed E-state index contributed by atoms with van der Waals surface area (Å²) in [6.07, 6.45) is -0.964. The number of carbonyl (C=O) groups is 1. The van der Waals surface area contributed by atoms with Crippen molar-refractivity contribution in [1.29, 1.82) is 0 Å². The molecule has 2 aromatic carbocycles. The van der Waals surface area contributed by atoms with Crippen LogP contribution >= 0.6 is 0 Å². The van der Waals surface area contributed by atoms with E-state index in [2.05, 4.69) is 5.32 Å². The fourth-order valence-corrected chi connectivity index (χ4v) is 2.16. The number of hydrogen-bond donors (Lipinski definition) is 2. The molecule has 0 radical (unpaired) electrons. The molecule has 7 nitrogen and oxygen atoms in total. The van der Waals surface area contributed by atoms with Crippen LogP contribution in [-0.4, -0.2) is 29.1 Å². The molecule has 0 saturated carbocycles. The van der Waals surface area contributed by atoms with E-state index in [0.717, 1.165) is 0 Å². The minimum Gasteiger partial charge on any atom is -0.493 e. The monoisotopic (exact) mass is 330 g/mol. The number of aliphatic hydroxyl groups excluding tert-OH is 1. The van der Waals surface area contributed by atoms with E-state index in [1.54, 1.807) is 24.3 Å². The predicted octanol–water partition coefficient (Wildman–Crippen LogP) is 2.46. The van der Waals surface area contributed by atoms with Crippen LogP contribution in [0.4, 0.5) is 5.69 Å². The number of para-hydroxylation sites is 1. The van der Waals surface area contributed by atoms with Gasteiger partial charge in [0.05, 0.1) is 23.2 Å².